The Labute approximate surface area is 126 Å². The van der Waals surface area contributed by atoms with Gasteiger partial charge in [0.25, 0.3) is 5.56 Å². The number of carbonyl (C=O) groups excluding carboxylic acids is 1. The fourth-order valence-corrected chi connectivity index (χ4v) is 4.20. The predicted molar refractivity (Wildman–Crippen MR) is 80.5 cm³/mol. The van der Waals surface area contributed by atoms with Crippen LogP contribution in [0, 0.1) is 0 Å². The first-order valence-electron chi connectivity index (χ1n) is 6.52. The third kappa shape index (κ3) is 2.88. The zero-order chi connectivity index (χ0) is 14.9. The van der Waals surface area contributed by atoms with Crippen LogP contribution in [-0.4, -0.2) is 33.1 Å². The molecule has 7 heteroatoms. The SMILES string of the molecule is CCn1c(S[C@@H](C)C(=O)OC)nc2c(c1=O)S[C@@H](C)C2. The van der Waals surface area contributed by atoms with Gasteiger partial charge in [0.2, 0.25) is 0 Å². The summed E-state index contributed by atoms with van der Waals surface area (Å²) >= 11 is 2.87. The molecule has 2 atom stereocenters. The van der Waals surface area contributed by atoms with Crippen molar-refractivity contribution in [2.75, 3.05) is 7.11 Å². The smallest absolute Gasteiger partial charge is 0.318 e. The number of esters is 1. The molecule has 0 unspecified atom stereocenters. The lowest BCUT2D eigenvalue weighted by Gasteiger charge is -2.14. The molecule has 0 N–H and O–H groups in total. The van der Waals surface area contributed by atoms with E-state index in [0.29, 0.717) is 17.0 Å². The van der Waals surface area contributed by atoms with E-state index in [2.05, 4.69) is 11.9 Å². The largest absolute Gasteiger partial charge is 0.468 e. The molecule has 110 valence electrons. The maximum Gasteiger partial charge on any atom is 0.318 e. The van der Waals surface area contributed by atoms with Gasteiger partial charge in [0.1, 0.15) is 5.25 Å². The molecule has 20 heavy (non-hydrogen) atoms. The molecule has 0 bridgehead atoms. The summed E-state index contributed by atoms with van der Waals surface area (Å²) in [4.78, 5) is 29.3. The predicted octanol–water partition coefficient (Wildman–Crippen LogP) is 1.95. The van der Waals surface area contributed by atoms with Crippen LogP contribution in [0.4, 0.5) is 0 Å². The van der Waals surface area contributed by atoms with E-state index in [0.717, 1.165) is 17.0 Å². The van der Waals surface area contributed by atoms with E-state index in [1.54, 1.807) is 23.3 Å². The van der Waals surface area contributed by atoms with Gasteiger partial charge in [0.15, 0.2) is 5.16 Å². The first kappa shape index (κ1) is 15.4. The topological polar surface area (TPSA) is 61.2 Å². The van der Waals surface area contributed by atoms with Crippen LogP contribution in [0.15, 0.2) is 14.8 Å². The van der Waals surface area contributed by atoms with Gasteiger partial charge >= 0.3 is 5.97 Å². The Morgan fingerprint density at radius 2 is 2.35 bits per heavy atom. The van der Waals surface area contributed by atoms with Crippen LogP contribution in [0.1, 0.15) is 26.5 Å². The Hall–Kier alpha value is -0.950. The highest BCUT2D eigenvalue weighted by Gasteiger charge is 2.27. The number of fused-ring (bicyclic) bond motifs is 1. The summed E-state index contributed by atoms with van der Waals surface area (Å²) < 4.78 is 6.35. The summed E-state index contributed by atoms with van der Waals surface area (Å²) in [7, 11) is 1.36. The standard InChI is InChI=1S/C13H18N2O3S2/c1-5-15-11(16)10-9(6-7(2)19-10)14-13(15)20-8(3)12(17)18-4/h7-8H,5-6H2,1-4H3/t7-,8-/m0/s1. The second-order valence-corrected chi connectivity index (χ2v) is 7.39. The van der Waals surface area contributed by atoms with E-state index in [1.165, 1.54) is 18.9 Å². The molecular formula is C13H18N2O3S2. The van der Waals surface area contributed by atoms with Crippen LogP contribution in [-0.2, 0) is 22.5 Å². The van der Waals surface area contributed by atoms with E-state index in [9.17, 15) is 9.59 Å². The van der Waals surface area contributed by atoms with Crippen molar-refractivity contribution < 1.29 is 9.53 Å². The number of ether oxygens (including phenoxy) is 1. The zero-order valence-electron chi connectivity index (χ0n) is 12.0. The van der Waals surface area contributed by atoms with Crippen LogP contribution < -0.4 is 5.56 Å². The molecule has 1 aromatic rings. The molecule has 5 nitrogen and oxygen atoms in total. The first-order valence-corrected chi connectivity index (χ1v) is 8.28. The lowest BCUT2D eigenvalue weighted by Crippen LogP contribution is -2.26. The van der Waals surface area contributed by atoms with Crippen LogP contribution in [0.5, 0.6) is 0 Å². The molecule has 1 aliphatic heterocycles. The van der Waals surface area contributed by atoms with Crippen LogP contribution in [0.25, 0.3) is 0 Å². The number of thioether (sulfide) groups is 2. The molecule has 0 aromatic carbocycles. The number of methoxy groups -OCH3 is 1. The molecular weight excluding hydrogens is 296 g/mol. The maximum absolute atomic E-state index is 12.5. The van der Waals surface area contributed by atoms with Crippen molar-refractivity contribution in [3.05, 3.63) is 16.0 Å². The molecule has 0 fully saturated rings. The normalized spacial score (nSPS) is 18.7. The van der Waals surface area contributed by atoms with Gasteiger partial charge in [0.05, 0.1) is 17.7 Å². The Bertz CT molecular complexity index is 586. The molecule has 0 aliphatic carbocycles. The van der Waals surface area contributed by atoms with Crippen molar-refractivity contribution >= 4 is 29.5 Å². The van der Waals surface area contributed by atoms with Gasteiger partial charge in [-0.3, -0.25) is 14.2 Å². The molecule has 1 aromatic heterocycles. The molecule has 0 saturated carbocycles. The fraction of sp³-hybridized carbons (Fsp3) is 0.615. The first-order chi connectivity index (χ1) is 9.47. The van der Waals surface area contributed by atoms with Gasteiger partial charge in [-0.05, 0) is 13.8 Å². The van der Waals surface area contributed by atoms with Crippen LogP contribution >= 0.6 is 23.5 Å². The average Bonchev–Trinajstić information content (AvgIpc) is 2.79. The number of hydrogen-bond donors (Lipinski definition) is 0. The molecule has 0 spiro atoms. The Morgan fingerprint density at radius 3 is 2.95 bits per heavy atom. The minimum Gasteiger partial charge on any atom is -0.468 e. The molecule has 2 rings (SSSR count). The van der Waals surface area contributed by atoms with E-state index in [1.807, 2.05) is 6.92 Å². The molecule has 2 heterocycles. The molecule has 0 saturated heterocycles. The summed E-state index contributed by atoms with van der Waals surface area (Å²) in [5, 5.41) is 0.604. The average molecular weight is 314 g/mol. The van der Waals surface area contributed by atoms with Gasteiger partial charge in [-0.2, -0.15) is 0 Å². The highest BCUT2D eigenvalue weighted by Crippen LogP contribution is 2.34. The molecule has 0 radical (unpaired) electrons. The van der Waals surface area contributed by atoms with E-state index >= 15 is 0 Å². The summed E-state index contributed by atoms with van der Waals surface area (Å²) in [6.45, 7) is 6.30. The highest BCUT2D eigenvalue weighted by atomic mass is 32.2. The summed E-state index contributed by atoms with van der Waals surface area (Å²) in [6.07, 6.45) is 0.806. The van der Waals surface area contributed by atoms with Crippen molar-refractivity contribution in [1.29, 1.82) is 0 Å². The van der Waals surface area contributed by atoms with E-state index in [-0.39, 0.29) is 16.8 Å². The summed E-state index contributed by atoms with van der Waals surface area (Å²) in [6, 6.07) is 0. The van der Waals surface area contributed by atoms with Crippen molar-refractivity contribution in [2.24, 2.45) is 0 Å². The third-order valence-corrected chi connectivity index (χ3v) is 5.38. The van der Waals surface area contributed by atoms with Crippen molar-refractivity contribution in [3.8, 4) is 0 Å². The Kier molecular flexibility index (Phi) is 4.80. The Morgan fingerprint density at radius 1 is 1.65 bits per heavy atom. The van der Waals surface area contributed by atoms with Gasteiger partial charge < -0.3 is 4.74 Å². The minimum atomic E-state index is -0.380. The Balaban J connectivity index is 2.39. The van der Waals surface area contributed by atoms with Crippen LogP contribution in [0.2, 0.25) is 0 Å². The van der Waals surface area contributed by atoms with Crippen molar-refractivity contribution in [2.45, 2.75) is 54.3 Å². The highest BCUT2D eigenvalue weighted by molar-refractivity contribution is 8.00. The van der Waals surface area contributed by atoms with Crippen LogP contribution in [0.3, 0.4) is 0 Å². The lowest BCUT2D eigenvalue weighted by atomic mass is 10.2. The zero-order valence-corrected chi connectivity index (χ0v) is 13.6. The lowest BCUT2D eigenvalue weighted by molar-refractivity contribution is -0.139. The number of carbonyl (C=O) groups is 1. The number of rotatable bonds is 4. The van der Waals surface area contributed by atoms with Gasteiger partial charge in [-0.1, -0.05) is 18.7 Å². The number of aromatic nitrogens is 2. The monoisotopic (exact) mass is 314 g/mol. The summed E-state index contributed by atoms with van der Waals surface area (Å²) in [5.41, 5.74) is 0.864. The van der Waals surface area contributed by atoms with Gasteiger partial charge in [-0.25, -0.2) is 4.98 Å². The number of nitrogens with zero attached hydrogens (tertiary/aromatic N) is 2. The van der Waals surface area contributed by atoms with E-state index in [4.69, 9.17) is 4.74 Å². The quantitative estimate of drug-likeness (QED) is 0.481. The third-order valence-electron chi connectivity index (χ3n) is 3.09. The molecule has 1 aliphatic rings. The van der Waals surface area contributed by atoms with Crippen molar-refractivity contribution in [1.82, 2.24) is 9.55 Å². The van der Waals surface area contributed by atoms with Crippen molar-refractivity contribution in [3.63, 3.8) is 0 Å². The second-order valence-electron chi connectivity index (χ2n) is 4.64. The van der Waals surface area contributed by atoms with Gasteiger partial charge in [-0.15, -0.1) is 11.8 Å². The fourth-order valence-electron chi connectivity index (χ4n) is 2.07. The number of hydrogen-bond acceptors (Lipinski definition) is 6. The second kappa shape index (κ2) is 6.22. The molecule has 0 amide bonds. The minimum absolute atomic E-state index is 0.00594. The maximum atomic E-state index is 12.5. The van der Waals surface area contributed by atoms with E-state index < -0.39 is 0 Å². The summed E-state index contributed by atoms with van der Waals surface area (Å²) in [5.74, 6) is -0.310. The van der Waals surface area contributed by atoms with Gasteiger partial charge in [0, 0.05) is 18.2 Å².